The minimum Gasteiger partial charge on any atom is -0.468 e. The van der Waals surface area contributed by atoms with Crippen molar-refractivity contribution in [1.29, 1.82) is 0 Å². The second-order valence-corrected chi connectivity index (χ2v) is 3.76. The lowest BCUT2D eigenvalue weighted by Crippen LogP contribution is -2.26. The molecule has 1 heterocycles. The van der Waals surface area contributed by atoms with Crippen LogP contribution in [0.4, 0.5) is 5.69 Å². The van der Waals surface area contributed by atoms with E-state index in [-0.39, 0.29) is 19.3 Å². The van der Waals surface area contributed by atoms with E-state index in [0.717, 1.165) is 5.69 Å². The Hall–Kier alpha value is -1.33. The average Bonchev–Trinajstić information content (AvgIpc) is 2.27. The fourth-order valence-corrected chi connectivity index (χ4v) is 1.20. The van der Waals surface area contributed by atoms with Crippen molar-refractivity contribution in [3.8, 4) is 5.88 Å². The van der Waals surface area contributed by atoms with E-state index in [1.54, 1.807) is 12.3 Å². The number of anilines is 1. The fourth-order valence-electron chi connectivity index (χ4n) is 1.20. The Kier molecular flexibility index (Phi) is 5.01. The Morgan fingerprint density at radius 1 is 1.38 bits per heavy atom. The lowest BCUT2D eigenvalue weighted by atomic mass is 10.3. The number of aliphatic hydroxyl groups is 2. The topological polar surface area (TPSA) is 74.6 Å². The summed E-state index contributed by atoms with van der Waals surface area (Å²) < 4.78 is 5.37. The Labute approximate surface area is 95.1 Å². The lowest BCUT2D eigenvalue weighted by Gasteiger charge is -2.18. The lowest BCUT2D eigenvalue weighted by molar-refractivity contribution is 0.0602. The van der Waals surface area contributed by atoms with Gasteiger partial charge in [-0.05, 0) is 26.0 Å². The fraction of sp³-hybridized carbons (Fsp3) is 0.545. The molecule has 0 radical (unpaired) electrons. The van der Waals surface area contributed by atoms with Crippen LogP contribution in [0, 0.1) is 0 Å². The zero-order valence-corrected chi connectivity index (χ0v) is 9.55. The van der Waals surface area contributed by atoms with Gasteiger partial charge < -0.3 is 20.3 Å². The summed E-state index contributed by atoms with van der Waals surface area (Å²) in [5.41, 5.74) is 0.754. The molecular formula is C11H18N2O3. The maximum Gasteiger partial charge on any atom is 0.237 e. The molecule has 1 rings (SSSR count). The van der Waals surface area contributed by atoms with Gasteiger partial charge >= 0.3 is 0 Å². The van der Waals surface area contributed by atoms with Gasteiger partial charge in [0.1, 0.15) is 6.10 Å². The van der Waals surface area contributed by atoms with Crippen molar-refractivity contribution in [1.82, 2.24) is 4.98 Å². The van der Waals surface area contributed by atoms with Crippen LogP contribution in [0.25, 0.3) is 0 Å². The minimum absolute atomic E-state index is 0.242. The van der Waals surface area contributed by atoms with E-state index in [1.165, 1.54) is 0 Å². The van der Waals surface area contributed by atoms with Crippen LogP contribution in [0.15, 0.2) is 18.3 Å². The predicted octanol–water partition coefficient (Wildman–Crippen LogP) is 0.634. The molecule has 1 aromatic rings. The highest BCUT2D eigenvalue weighted by Gasteiger charge is 2.12. The van der Waals surface area contributed by atoms with E-state index < -0.39 is 6.10 Å². The van der Waals surface area contributed by atoms with Gasteiger partial charge in [0.15, 0.2) is 0 Å². The van der Waals surface area contributed by atoms with Crippen LogP contribution >= 0.6 is 0 Å². The number of hydrogen-bond donors (Lipinski definition) is 3. The van der Waals surface area contributed by atoms with E-state index in [0.29, 0.717) is 5.88 Å². The Morgan fingerprint density at radius 2 is 2.06 bits per heavy atom. The molecule has 1 aromatic heterocycles. The number of hydrogen-bond acceptors (Lipinski definition) is 5. The van der Waals surface area contributed by atoms with E-state index in [1.807, 2.05) is 19.9 Å². The smallest absolute Gasteiger partial charge is 0.237 e. The summed E-state index contributed by atoms with van der Waals surface area (Å²) in [6.07, 6.45) is 0.967. The molecule has 0 aliphatic rings. The van der Waals surface area contributed by atoms with E-state index in [4.69, 9.17) is 14.9 Å². The molecule has 5 nitrogen and oxygen atoms in total. The third-order valence-electron chi connectivity index (χ3n) is 1.90. The van der Waals surface area contributed by atoms with Gasteiger partial charge in [-0.25, -0.2) is 4.98 Å². The minimum atomic E-state index is -0.636. The summed E-state index contributed by atoms with van der Waals surface area (Å²) in [6, 6.07) is 3.90. The summed E-state index contributed by atoms with van der Waals surface area (Å²) in [6.45, 7) is 3.53. The summed E-state index contributed by atoms with van der Waals surface area (Å²) in [5.74, 6) is 0.393. The second kappa shape index (κ2) is 6.30. The van der Waals surface area contributed by atoms with Gasteiger partial charge in [-0.15, -0.1) is 0 Å². The monoisotopic (exact) mass is 226 g/mol. The number of rotatable bonds is 6. The number of aliphatic hydroxyl groups excluding tert-OH is 2. The molecule has 3 N–H and O–H groups in total. The molecule has 0 bridgehead atoms. The Balaban J connectivity index is 2.77. The number of pyridine rings is 1. The second-order valence-electron chi connectivity index (χ2n) is 3.76. The first-order valence-electron chi connectivity index (χ1n) is 5.27. The third-order valence-corrected chi connectivity index (χ3v) is 1.90. The maximum atomic E-state index is 8.93. The molecule has 16 heavy (non-hydrogen) atoms. The summed E-state index contributed by atoms with van der Waals surface area (Å²) in [5, 5.41) is 21.0. The molecule has 0 saturated heterocycles. The number of nitrogens with one attached hydrogen (secondary N) is 1. The molecule has 0 aliphatic carbocycles. The molecule has 0 amide bonds. The quantitative estimate of drug-likeness (QED) is 0.663. The van der Waals surface area contributed by atoms with Gasteiger partial charge in [-0.1, -0.05) is 0 Å². The van der Waals surface area contributed by atoms with Crippen molar-refractivity contribution in [3.05, 3.63) is 18.3 Å². The highest BCUT2D eigenvalue weighted by Crippen LogP contribution is 2.22. The van der Waals surface area contributed by atoms with Gasteiger partial charge in [-0.2, -0.15) is 0 Å². The average molecular weight is 226 g/mol. The largest absolute Gasteiger partial charge is 0.468 e. The molecule has 0 unspecified atom stereocenters. The van der Waals surface area contributed by atoms with E-state index in [2.05, 4.69) is 10.3 Å². The van der Waals surface area contributed by atoms with Crippen molar-refractivity contribution in [2.75, 3.05) is 18.5 Å². The molecule has 0 spiro atoms. The zero-order valence-electron chi connectivity index (χ0n) is 9.55. The highest BCUT2D eigenvalue weighted by molar-refractivity contribution is 5.52. The van der Waals surface area contributed by atoms with Crippen LogP contribution < -0.4 is 10.1 Å². The predicted molar refractivity (Wildman–Crippen MR) is 61.6 cm³/mol. The molecule has 5 heteroatoms. The molecule has 0 aromatic carbocycles. The van der Waals surface area contributed by atoms with Crippen molar-refractivity contribution in [3.63, 3.8) is 0 Å². The molecular weight excluding hydrogens is 208 g/mol. The van der Waals surface area contributed by atoms with Crippen LogP contribution in [-0.2, 0) is 0 Å². The van der Waals surface area contributed by atoms with Crippen LogP contribution in [0.2, 0.25) is 0 Å². The van der Waals surface area contributed by atoms with Crippen molar-refractivity contribution in [2.24, 2.45) is 0 Å². The Bertz CT molecular complexity index is 314. The van der Waals surface area contributed by atoms with Gasteiger partial charge in [0.2, 0.25) is 5.88 Å². The molecule has 0 atom stereocenters. The van der Waals surface area contributed by atoms with Crippen molar-refractivity contribution >= 4 is 5.69 Å². The summed E-state index contributed by atoms with van der Waals surface area (Å²) in [4.78, 5) is 4.06. The van der Waals surface area contributed by atoms with Gasteiger partial charge in [-0.3, -0.25) is 0 Å². The van der Waals surface area contributed by atoms with E-state index >= 15 is 0 Å². The molecule has 0 aliphatic heterocycles. The highest BCUT2D eigenvalue weighted by atomic mass is 16.5. The molecule has 0 fully saturated rings. The van der Waals surface area contributed by atoms with Crippen LogP contribution in [-0.4, -0.2) is 40.6 Å². The van der Waals surface area contributed by atoms with Gasteiger partial charge in [0, 0.05) is 12.2 Å². The Morgan fingerprint density at radius 3 is 2.62 bits per heavy atom. The van der Waals surface area contributed by atoms with Crippen molar-refractivity contribution < 1.29 is 14.9 Å². The van der Waals surface area contributed by atoms with Gasteiger partial charge in [0.05, 0.1) is 18.9 Å². The SMILES string of the molecule is CC(C)Nc1cccnc1OC(CO)CO. The van der Waals surface area contributed by atoms with E-state index in [9.17, 15) is 0 Å². The summed E-state index contributed by atoms with van der Waals surface area (Å²) >= 11 is 0. The first-order chi connectivity index (χ1) is 7.67. The number of aromatic nitrogens is 1. The molecule has 0 saturated carbocycles. The number of nitrogens with zero attached hydrogens (tertiary/aromatic N) is 1. The van der Waals surface area contributed by atoms with Crippen molar-refractivity contribution in [2.45, 2.75) is 26.0 Å². The van der Waals surface area contributed by atoms with Crippen LogP contribution in [0.1, 0.15) is 13.8 Å². The van der Waals surface area contributed by atoms with Crippen LogP contribution in [0.3, 0.4) is 0 Å². The standard InChI is InChI=1S/C11H18N2O3/c1-8(2)13-10-4-3-5-12-11(10)16-9(6-14)7-15/h3-5,8-9,13-15H,6-7H2,1-2H3. The zero-order chi connectivity index (χ0) is 12.0. The van der Waals surface area contributed by atoms with Crippen LogP contribution in [0.5, 0.6) is 5.88 Å². The number of ether oxygens (including phenoxy) is 1. The van der Waals surface area contributed by atoms with Gasteiger partial charge in [0.25, 0.3) is 0 Å². The first-order valence-corrected chi connectivity index (χ1v) is 5.27. The maximum absolute atomic E-state index is 8.93. The first kappa shape index (κ1) is 12.7. The summed E-state index contributed by atoms with van der Waals surface area (Å²) in [7, 11) is 0. The normalized spacial score (nSPS) is 10.9. The third kappa shape index (κ3) is 3.67. The molecule has 90 valence electrons.